The maximum atomic E-state index is 13.5. The normalized spacial score (nSPS) is 20.5. The molecule has 0 radical (unpaired) electrons. The number of carbonyl (C=O) groups excluding carboxylic acids is 2. The van der Waals surface area contributed by atoms with Crippen molar-refractivity contribution >= 4 is 60.1 Å². The SMILES string of the molecule is Cc1cc(C)c2nc(N3C(=O)C(=O)/C(=C(/O)c4ccc5c(c4)CC(C)O5)C3c3cccc(Br)c3)sc2c1. The molecule has 3 aromatic carbocycles. The number of aryl methyl sites for hydroxylation is 2. The van der Waals surface area contributed by atoms with Crippen molar-refractivity contribution in [2.24, 2.45) is 0 Å². The van der Waals surface area contributed by atoms with Crippen LogP contribution in [0.1, 0.15) is 40.8 Å². The van der Waals surface area contributed by atoms with Crippen molar-refractivity contribution in [3.63, 3.8) is 0 Å². The van der Waals surface area contributed by atoms with Gasteiger partial charge in [-0.1, -0.05) is 45.5 Å². The second-order valence-electron chi connectivity index (χ2n) is 9.60. The number of Topliss-reactive ketones (excluding diaryl/α,β-unsaturated/α-hetero) is 1. The van der Waals surface area contributed by atoms with Crippen LogP contribution in [0.5, 0.6) is 5.75 Å². The zero-order chi connectivity index (χ0) is 26.0. The summed E-state index contributed by atoms with van der Waals surface area (Å²) >= 11 is 4.88. The quantitative estimate of drug-likeness (QED) is 0.169. The summed E-state index contributed by atoms with van der Waals surface area (Å²) in [6.45, 7) is 5.98. The Morgan fingerprint density at radius 1 is 1.14 bits per heavy atom. The fraction of sp³-hybridized carbons (Fsp3) is 0.207. The number of rotatable bonds is 3. The molecular formula is C29H23BrN2O4S. The minimum Gasteiger partial charge on any atom is -0.507 e. The van der Waals surface area contributed by atoms with Gasteiger partial charge in [-0.3, -0.25) is 14.5 Å². The van der Waals surface area contributed by atoms with Crippen molar-refractivity contribution < 1.29 is 19.4 Å². The first-order valence-electron chi connectivity index (χ1n) is 12.0. The lowest BCUT2D eigenvalue weighted by Gasteiger charge is -2.23. The van der Waals surface area contributed by atoms with Crippen LogP contribution in [0.2, 0.25) is 0 Å². The number of halogens is 1. The number of aliphatic hydroxyl groups excluding tert-OH is 1. The average molecular weight is 575 g/mol. The van der Waals surface area contributed by atoms with Gasteiger partial charge in [0.1, 0.15) is 17.6 Å². The summed E-state index contributed by atoms with van der Waals surface area (Å²) in [5, 5.41) is 11.9. The Morgan fingerprint density at radius 2 is 1.95 bits per heavy atom. The number of aromatic nitrogens is 1. The molecule has 1 fully saturated rings. The molecule has 6 nitrogen and oxygen atoms in total. The van der Waals surface area contributed by atoms with E-state index in [1.807, 2.05) is 63.2 Å². The van der Waals surface area contributed by atoms with Crippen molar-refractivity contribution in [3.8, 4) is 5.75 Å². The Morgan fingerprint density at radius 3 is 2.73 bits per heavy atom. The lowest BCUT2D eigenvalue weighted by molar-refractivity contribution is -0.132. The van der Waals surface area contributed by atoms with E-state index in [0.29, 0.717) is 22.7 Å². The molecule has 1 N–H and O–H groups in total. The summed E-state index contributed by atoms with van der Waals surface area (Å²) in [5.41, 5.74) is 5.08. The largest absolute Gasteiger partial charge is 0.507 e. The Bertz CT molecular complexity index is 1660. The summed E-state index contributed by atoms with van der Waals surface area (Å²) < 4.78 is 7.53. The molecule has 6 rings (SSSR count). The molecule has 2 aliphatic heterocycles. The van der Waals surface area contributed by atoms with E-state index in [-0.39, 0.29) is 17.4 Å². The van der Waals surface area contributed by atoms with E-state index in [9.17, 15) is 14.7 Å². The third kappa shape index (κ3) is 3.95. The fourth-order valence-corrected chi connectivity index (χ4v) is 6.79. The number of anilines is 1. The van der Waals surface area contributed by atoms with E-state index in [0.717, 1.165) is 37.1 Å². The molecule has 0 bridgehead atoms. The number of carbonyl (C=O) groups is 2. The van der Waals surface area contributed by atoms with E-state index in [4.69, 9.17) is 9.72 Å². The van der Waals surface area contributed by atoms with Crippen LogP contribution >= 0.6 is 27.3 Å². The summed E-state index contributed by atoms with van der Waals surface area (Å²) in [6, 6.07) is 16.0. The molecule has 8 heteroatoms. The highest BCUT2D eigenvalue weighted by atomic mass is 79.9. The Kier molecular flexibility index (Phi) is 5.69. The van der Waals surface area contributed by atoms with Gasteiger partial charge in [0.05, 0.1) is 21.8 Å². The highest BCUT2D eigenvalue weighted by molar-refractivity contribution is 9.10. The zero-order valence-electron chi connectivity index (χ0n) is 20.4. The molecule has 2 aliphatic rings. The molecule has 3 heterocycles. The number of ketones is 1. The van der Waals surface area contributed by atoms with Crippen LogP contribution in [0.4, 0.5) is 5.13 Å². The van der Waals surface area contributed by atoms with Gasteiger partial charge in [0.25, 0.3) is 5.78 Å². The Balaban J connectivity index is 1.55. The number of ether oxygens (including phenoxy) is 1. The monoisotopic (exact) mass is 574 g/mol. The van der Waals surface area contributed by atoms with Gasteiger partial charge in [0.2, 0.25) is 0 Å². The zero-order valence-corrected chi connectivity index (χ0v) is 22.8. The molecule has 37 heavy (non-hydrogen) atoms. The number of hydrogen-bond acceptors (Lipinski definition) is 6. The molecule has 0 saturated carbocycles. The summed E-state index contributed by atoms with van der Waals surface area (Å²) in [5.74, 6) is -0.882. The molecule has 1 saturated heterocycles. The molecule has 4 aromatic rings. The minimum atomic E-state index is -0.831. The van der Waals surface area contributed by atoms with Gasteiger partial charge >= 0.3 is 5.91 Å². The number of fused-ring (bicyclic) bond motifs is 2. The third-order valence-electron chi connectivity index (χ3n) is 6.80. The lowest BCUT2D eigenvalue weighted by Crippen LogP contribution is -2.29. The molecule has 0 aliphatic carbocycles. The van der Waals surface area contributed by atoms with Crippen LogP contribution in [-0.4, -0.2) is 27.9 Å². The number of amides is 1. The van der Waals surface area contributed by atoms with E-state index < -0.39 is 17.7 Å². The first-order chi connectivity index (χ1) is 17.7. The smallest absolute Gasteiger partial charge is 0.301 e. The number of thiazole rings is 1. The lowest BCUT2D eigenvalue weighted by atomic mass is 9.94. The first-order valence-corrected chi connectivity index (χ1v) is 13.6. The standard InChI is InChI=1S/C29H23BrN2O4S/c1-14-9-15(2)24-22(10-14)37-29(31-24)32-25(17-5-4-6-20(30)13-17)23(27(34)28(32)35)26(33)18-7-8-21-19(12-18)11-16(3)36-21/h4-10,12-13,16,25,33H,11H2,1-3H3/b26-23+. The number of nitrogens with zero attached hydrogens (tertiary/aromatic N) is 2. The van der Waals surface area contributed by atoms with E-state index in [1.54, 1.807) is 12.1 Å². The maximum absolute atomic E-state index is 13.5. The Labute approximate surface area is 226 Å². The average Bonchev–Trinajstić information content (AvgIpc) is 3.51. The van der Waals surface area contributed by atoms with Gasteiger partial charge in [-0.05, 0) is 79.4 Å². The van der Waals surface area contributed by atoms with Crippen molar-refractivity contribution in [2.75, 3.05) is 4.90 Å². The van der Waals surface area contributed by atoms with Crippen LogP contribution in [0.3, 0.4) is 0 Å². The number of hydrogen-bond donors (Lipinski definition) is 1. The third-order valence-corrected chi connectivity index (χ3v) is 8.30. The maximum Gasteiger partial charge on any atom is 0.301 e. The van der Waals surface area contributed by atoms with Gasteiger partial charge in [0, 0.05) is 16.5 Å². The first kappa shape index (κ1) is 23.9. The van der Waals surface area contributed by atoms with Crippen molar-refractivity contribution in [2.45, 2.75) is 39.3 Å². The second-order valence-corrected chi connectivity index (χ2v) is 11.5. The van der Waals surface area contributed by atoms with E-state index >= 15 is 0 Å². The van der Waals surface area contributed by atoms with E-state index in [1.165, 1.54) is 16.2 Å². The Hall–Kier alpha value is -3.49. The topological polar surface area (TPSA) is 79.7 Å². The fourth-order valence-electron chi connectivity index (χ4n) is 5.21. The van der Waals surface area contributed by atoms with Gasteiger partial charge in [0.15, 0.2) is 5.13 Å². The number of benzene rings is 3. The van der Waals surface area contributed by atoms with E-state index in [2.05, 4.69) is 15.9 Å². The van der Waals surface area contributed by atoms with Crippen LogP contribution < -0.4 is 9.64 Å². The number of aliphatic hydroxyl groups is 1. The van der Waals surface area contributed by atoms with Gasteiger partial charge in [-0.2, -0.15) is 0 Å². The van der Waals surface area contributed by atoms with Crippen LogP contribution in [0.25, 0.3) is 16.0 Å². The van der Waals surface area contributed by atoms with Crippen molar-refractivity contribution in [1.82, 2.24) is 4.98 Å². The summed E-state index contributed by atoms with van der Waals surface area (Å²) in [7, 11) is 0. The van der Waals surface area contributed by atoms with Crippen molar-refractivity contribution in [1.29, 1.82) is 0 Å². The molecular weight excluding hydrogens is 552 g/mol. The predicted octanol–water partition coefficient (Wildman–Crippen LogP) is 6.63. The summed E-state index contributed by atoms with van der Waals surface area (Å²) in [6.07, 6.45) is 0.760. The van der Waals surface area contributed by atoms with Crippen LogP contribution in [0, 0.1) is 13.8 Å². The van der Waals surface area contributed by atoms with Crippen LogP contribution in [0.15, 0.2) is 64.6 Å². The van der Waals surface area contributed by atoms with Crippen molar-refractivity contribution in [3.05, 3.63) is 92.5 Å². The second kappa shape index (κ2) is 8.82. The molecule has 1 amide bonds. The predicted molar refractivity (Wildman–Crippen MR) is 148 cm³/mol. The molecule has 2 unspecified atom stereocenters. The highest BCUT2D eigenvalue weighted by Gasteiger charge is 2.48. The van der Waals surface area contributed by atoms with Gasteiger partial charge in [-0.25, -0.2) is 4.98 Å². The highest BCUT2D eigenvalue weighted by Crippen LogP contribution is 2.45. The summed E-state index contributed by atoms with van der Waals surface area (Å²) in [4.78, 5) is 33.3. The molecule has 1 aromatic heterocycles. The minimum absolute atomic E-state index is 0.0437. The molecule has 0 spiro atoms. The molecule has 2 atom stereocenters. The molecule has 186 valence electrons. The van der Waals surface area contributed by atoms with Gasteiger partial charge in [-0.15, -0.1) is 0 Å². The van der Waals surface area contributed by atoms with Gasteiger partial charge < -0.3 is 9.84 Å². The van der Waals surface area contributed by atoms with Crippen LogP contribution in [-0.2, 0) is 16.0 Å².